The number of amides is 1. The van der Waals surface area contributed by atoms with Crippen molar-refractivity contribution in [2.45, 2.75) is 18.7 Å². The Kier molecular flexibility index (Phi) is 6.29. The number of ether oxygens (including phenoxy) is 1. The summed E-state index contributed by atoms with van der Waals surface area (Å²) in [5.41, 5.74) is 1.97. The second kappa shape index (κ2) is 8.71. The minimum absolute atomic E-state index is 0.192. The fourth-order valence-corrected chi connectivity index (χ4v) is 4.82. The third kappa shape index (κ3) is 4.80. The number of nitrogens with zero attached hydrogens (tertiary/aromatic N) is 3. The zero-order valence-corrected chi connectivity index (χ0v) is 17.2. The number of esters is 1. The van der Waals surface area contributed by atoms with Crippen molar-refractivity contribution >= 4 is 21.9 Å². The first-order chi connectivity index (χ1) is 13.8. The Hall–Kier alpha value is -2.78. The van der Waals surface area contributed by atoms with E-state index in [-0.39, 0.29) is 42.5 Å². The molecule has 0 bridgehead atoms. The fourth-order valence-electron chi connectivity index (χ4n) is 3.19. The second-order valence-corrected chi connectivity index (χ2v) is 8.78. The molecular formula is C20H23N3O5S. The monoisotopic (exact) mass is 417 g/mol. The summed E-state index contributed by atoms with van der Waals surface area (Å²) in [7, 11) is -3.62. The van der Waals surface area contributed by atoms with Crippen molar-refractivity contribution in [2.24, 2.45) is 0 Å². The van der Waals surface area contributed by atoms with Crippen LogP contribution in [0.5, 0.6) is 0 Å². The molecule has 29 heavy (non-hydrogen) atoms. The number of rotatable bonds is 5. The summed E-state index contributed by atoms with van der Waals surface area (Å²) in [4.78, 5) is 29.8. The molecule has 0 N–H and O–H groups in total. The van der Waals surface area contributed by atoms with Crippen LogP contribution in [0.2, 0.25) is 0 Å². The fraction of sp³-hybridized carbons (Fsp3) is 0.350. The van der Waals surface area contributed by atoms with E-state index in [0.29, 0.717) is 5.56 Å². The van der Waals surface area contributed by atoms with Gasteiger partial charge in [0.05, 0.1) is 10.5 Å². The minimum Gasteiger partial charge on any atom is -0.452 e. The van der Waals surface area contributed by atoms with E-state index in [1.807, 2.05) is 13.0 Å². The lowest BCUT2D eigenvalue weighted by Crippen LogP contribution is -2.51. The van der Waals surface area contributed by atoms with Gasteiger partial charge in [0.25, 0.3) is 5.91 Å². The molecular weight excluding hydrogens is 394 g/mol. The average molecular weight is 417 g/mol. The number of hydrogen-bond acceptors (Lipinski definition) is 6. The number of aryl methyl sites for hydroxylation is 2. The Bertz CT molecular complexity index is 1000. The van der Waals surface area contributed by atoms with E-state index < -0.39 is 22.6 Å². The standard InChI is InChI=1S/C20H23N3O5S/c1-15-5-6-18(16(2)12-15)29(26,27)23-10-8-22(9-11-23)19(24)14-28-20(25)17-4-3-7-21-13-17/h3-7,12-13H,8-11,14H2,1-2H3. The van der Waals surface area contributed by atoms with Gasteiger partial charge in [-0.25, -0.2) is 13.2 Å². The lowest BCUT2D eigenvalue weighted by Gasteiger charge is -2.34. The lowest BCUT2D eigenvalue weighted by molar-refractivity contribution is -0.135. The first-order valence-corrected chi connectivity index (χ1v) is 10.7. The SMILES string of the molecule is Cc1ccc(S(=O)(=O)N2CCN(C(=O)COC(=O)c3cccnc3)CC2)c(C)c1. The summed E-state index contributed by atoms with van der Waals surface area (Å²) in [5.74, 6) is -0.978. The molecule has 0 atom stereocenters. The first-order valence-electron chi connectivity index (χ1n) is 9.21. The molecule has 0 radical (unpaired) electrons. The number of piperazine rings is 1. The van der Waals surface area contributed by atoms with E-state index in [0.717, 1.165) is 5.56 Å². The highest BCUT2D eigenvalue weighted by molar-refractivity contribution is 7.89. The molecule has 0 saturated carbocycles. The highest BCUT2D eigenvalue weighted by Gasteiger charge is 2.31. The molecule has 154 valence electrons. The van der Waals surface area contributed by atoms with Gasteiger partial charge in [-0.3, -0.25) is 9.78 Å². The Balaban J connectivity index is 1.55. The molecule has 1 amide bonds. The zero-order valence-electron chi connectivity index (χ0n) is 16.4. The topological polar surface area (TPSA) is 96.9 Å². The molecule has 8 nitrogen and oxygen atoms in total. The summed E-state index contributed by atoms with van der Waals surface area (Å²) < 4.78 is 32.2. The number of benzene rings is 1. The van der Waals surface area contributed by atoms with Crippen LogP contribution in [0.15, 0.2) is 47.6 Å². The van der Waals surface area contributed by atoms with Crippen LogP contribution < -0.4 is 0 Å². The maximum Gasteiger partial charge on any atom is 0.340 e. The van der Waals surface area contributed by atoms with Crippen LogP contribution in [0.1, 0.15) is 21.5 Å². The molecule has 1 aliphatic heterocycles. The molecule has 0 spiro atoms. The number of carbonyl (C=O) groups is 2. The molecule has 2 heterocycles. The first kappa shape index (κ1) is 20.9. The normalized spacial score (nSPS) is 15.2. The molecule has 2 aromatic rings. The van der Waals surface area contributed by atoms with Crippen LogP contribution >= 0.6 is 0 Å². The van der Waals surface area contributed by atoms with Gasteiger partial charge in [-0.2, -0.15) is 4.31 Å². The predicted octanol–water partition coefficient (Wildman–Crippen LogP) is 1.39. The Labute approximate surface area is 170 Å². The van der Waals surface area contributed by atoms with Crippen LogP contribution in [-0.4, -0.2) is 67.3 Å². The lowest BCUT2D eigenvalue weighted by atomic mass is 10.2. The van der Waals surface area contributed by atoms with Crippen molar-refractivity contribution in [3.8, 4) is 0 Å². The maximum atomic E-state index is 12.9. The van der Waals surface area contributed by atoms with Crippen LogP contribution in [0, 0.1) is 13.8 Å². The molecule has 3 rings (SSSR count). The number of sulfonamides is 1. The van der Waals surface area contributed by atoms with Crippen molar-refractivity contribution in [2.75, 3.05) is 32.8 Å². The molecule has 9 heteroatoms. The van der Waals surface area contributed by atoms with Crippen molar-refractivity contribution in [1.29, 1.82) is 0 Å². The second-order valence-electron chi connectivity index (χ2n) is 6.87. The molecule has 1 aromatic heterocycles. The van der Waals surface area contributed by atoms with Gasteiger partial charge in [-0.15, -0.1) is 0 Å². The van der Waals surface area contributed by atoms with Crippen LogP contribution in [0.4, 0.5) is 0 Å². The van der Waals surface area contributed by atoms with Gasteiger partial charge >= 0.3 is 5.97 Å². The highest BCUT2D eigenvalue weighted by Crippen LogP contribution is 2.22. The van der Waals surface area contributed by atoms with Crippen molar-refractivity contribution in [3.63, 3.8) is 0 Å². The molecule has 0 aliphatic carbocycles. The Morgan fingerprint density at radius 3 is 2.45 bits per heavy atom. The quantitative estimate of drug-likeness (QED) is 0.682. The van der Waals surface area contributed by atoms with Crippen LogP contribution in [0.3, 0.4) is 0 Å². The van der Waals surface area contributed by atoms with E-state index in [1.54, 1.807) is 31.2 Å². The summed E-state index contributed by atoms with van der Waals surface area (Å²) in [6.45, 7) is 4.17. The predicted molar refractivity (Wildman–Crippen MR) is 106 cm³/mol. The van der Waals surface area contributed by atoms with Gasteiger partial charge in [0, 0.05) is 38.6 Å². The summed E-state index contributed by atoms with van der Waals surface area (Å²) >= 11 is 0. The summed E-state index contributed by atoms with van der Waals surface area (Å²) in [6.07, 6.45) is 2.90. The van der Waals surface area contributed by atoms with Gasteiger partial charge < -0.3 is 9.64 Å². The number of carbonyl (C=O) groups excluding carboxylic acids is 2. The van der Waals surface area contributed by atoms with Gasteiger partial charge in [0.15, 0.2) is 6.61 Å². The molecule has 1 fully saturated rings. The third-order valence-electron chi connectivity index (χ3n) is 4.76. The van der Waals surface area contributed by atoms with E-state index in [9.17, 15) is 18.0 Å². The third-order valence-corrected chi connectivity index (χ3v) is 6.82. The van der Waals surface area contributed by atoms with E-state index in [2.05, 4.69) is 4.98 Å². The number of hydrogen-bond donors (Lipinski definition) is 0. The number of aromatic nitrogens is 1. The van der Waals surface area contributed by atoms with Gasteiger partial charge in [0.2, 0.25) is 10.0 Å². The van der Waals surface area contributed by atoms with Crippen molar-refractivity contribution in [1.82, 2.24) is 14.2 Å². The van der Waals surface area contributed by atoms with Crippen molar-refractivity contribution < 1.29 is 22.7 Å². The van der Waals surface area contributed by atoms with Gasteiger partial charge in [-0.1, -0.05) is 17.7 Å². The van der Waals surface area contributed by atoms with E-state index in [4.69, 9.17) is 4.74 Å². The Morgan fingerprint density at radius 2 is 1.83 bits per heavy atom. The van der Waals surface area contributed by atoms with E-state index >= 15 is 0 Å². The minimum atomic E-state index is -3.62. The summed E-state index contributed by atoms with van der Waals surface area (Å²) in [6, 6.07) is 8.39. The number of pyridine rings is 1. The smallest absolute Gasteiger partial charge is 0.340 e. The summed E-state index contributed by atoms with van der Waals surface area (Å²) in [5, 5.41) is 0. The van der Waals surface area contributed by atoms with Crippen molar-refractivity contribution in [3.05, 3.63) is 59.4 Å². The van der Waals surface area contributed by atoms with Gasteiger partial charge in [0.1, 0.15) is 0 Å². The Morgan fingerprint density at radius 1 is 1.10 bits per heavy atom. The molecule has 1 aliphatic rings. The van der Waals surface area contributed by atoms with Crippen LogP contribution in [-0.2, 0) is 19.6 Å². The maximum absolute atomic E-state index is 12.9. The van der Waals surface area contributed by atoms with Crippen LogP contribution in [0.25, 0.3) is 0 Å². The zero-order chi connectivity index (χ0) is 21.0. The molecule has 1 aromatic carbocycles. The highest BCUT2D eigenvalue weighted by atomic mass is 32.2. The van der Waals surface area contributed by atoms with Gasteiger partial charge in [-0.05, 0) is 37.6 Å². The average Bonchev–Trinajstić information content (AvgIpc) is 2.72. The molecule has 1 saturated heterocycles. The molecule has 0 unspecified atom stereocenters. The van der Waals surface area contributed by atoms with E-state index in [1.165, 1.54) is 21.6 Å². The largest absolute Gasteiger partial charge is 0.452 e.